The quantitative estimate of drug-likeness (QED) is 0.574. The van der Waals surface area contributed by atoms with Crippen molar-refractivity contribution in [1.82, 2.24) is 4.90 Å². The molecule has 1 aliphatic rings. The second kappa shape index (κ2) is 9.82. The van der Waals surface area contributed by atoms with Gasteiger partial charge in [-0.25, -0.2) is 9.59 Å². The van der Waals surface area contributed by atoms with Crippen LogP contribution in [0, 0.1) is 0 Å². The molecular formula is C22H27N3O4. The van der Waals surface area contributed by atoms with Gasteiger partial charge >= 0.3 is 12.0 Å². The summed E-state index contributed by atoms with van der Waals surface area (Å²) in [5, 5.41) is 12.3. The van der Waals surface area contributed by atoms with Crippen molar-refractivity contribution >= 4 is 23.4 Å². The van der Waals surface area contributed by atoms with Crippen molar-refractivity contribution in [2.24, 2.45) is 0 Å². The highest BCUT2D eigenvalue weighted by Gasteiger charge is 2.21. The molecule has 0 saturated carbocycles. The van der Waals surface area contributed by atoms with Crippen LogP contribution in [-0.4, -0.2) is 54.8 Å². The summed E-state index contributed by atoms with van der Waals surface area (Å²) in [6.07, 6.45) is 1.82. The van der Waals surface area contributed by atoms with Gasteiger partial charge in [0.2, 0.25) is 0 Å². The lowest BCUT2D eigenvalue weighted by molar-refractivity contribution is 0.0499. The largest absolute Gasteiger partial charge is 0.508 e. The third-order valence-electron chi connectivity index (χ3n) is 4.88. The van der Waals surface area contributed by atoms with Gasteiger partial charge in [-0.15, -0.1) is 0 Å². The van der Waals surface area contributed by atoms with Crippen LogP contribution in [0.4, 0.5) is 16.2 Å². The van der Waals surface area contributed by atoms with Crippen LogP contribution >= 0.6 is 0 Å². The molecule has 3 rings (SSSR count). The van der Waals surface area contributed by atoms with Crippen molar-refractivity contribution in [3.05, 3.63) is 54.1 Å². The minimum Gasteiger partial charge on any atom is -0.508 e. The van der Waals surface area contributed by atoms with Gasteiger partial charge in [0.1, 0.15) is 5.75 Å². The number of phenols is 1. The molecule has 2 amide bonds. The number of amides is 2. The monoisotopic (exact) mass is 397 g/mol. The molecule has 1 saturated heterocycles. The van der Waals surface area contributed by atoms with E-state index >= 15 is 0 Å². The van der Waals surface area contributed by atoms with Gasteiger partial charge in [0.05, 0.1) is 12.2 Å². The fourth-order valence-electron chi connectivity index (χ4n) is 3.12. The molecule has 29 heavy (non-hydrogen) atoms. The van der Waals surface area contributed by atoms with E-state index in [1.165, 1.54) is 0 Å². The van der Waals surface area contributed by atoms with Crippen molar-refractivity contribution in [3.8, 4) is 5.75 Å². The molecule has 0 radical (unpaired) electrons. The maximum Gasteiger partial charge on any atom is 0.338 e. The molecule has 1 heterocycles. The minimum absolute atomic E-state index is 0.159. The number of hydrogen-bond donors (Lipinski definition) is 2. The number of rotatable bonds is 6. The third kappa shape index (κ3) is 5.63. The van der Waals surface area contributed by atoms with E-state index in [2.05, 4.69) is 10.2 Å². The number of unbranched alkanes of at least 4 members (excludes halogenated alkanes) is 1. The zero-order valence-electron chi connectivity index (χ0n) is 16.6. The molecule has 2 N–H and O–H groups in total. The van der Waals surface area contributed by atoms with Gasteiger partial charge in [-0.2, -0.15) is 0 Å². The number of phenolic OH excluding ortho intramolecular Hbond substituents is 1. The van der Waals surface area contributed by atoms with Crippen LogP contribution in [0.3, 0.4) is 0 Å². The summed E-state index contributed by atoms with van der Waals surface area (Å²) in [7, 11) is 0. The Labute approximate surface area is 170 Å². The average molecular weight is 397 g/mol. The average Bonchev–Trinajstić information content (AvgIpc) is 2.75. The molecule has 0 aliphatic carbocycles. The number of carbonyl (C=O) groups excluding carboxylic acids is 2. The number of ether oxygens (including phenoxy) is 1. The van der Waals surface area contributed by atoms with Crippen LogP contribution in [0.1, 0.15) is 30.1 Å². The summed E-state index contributed by atoms with van der Waals surface area (Å²) in [6, 6.07) is 13.7. The Bertz CT molecular complexity index is 813. The second-order valence-corrected chi connectivity index (χ2v) is 6.99. The summed E-state index contributed by atoms with van der Waals surface area (Å²) in [5.41, 5.74) is 2.15. The minimum atomic E-state index is -0.346. The smallest absolute Gasteiger partial charge is 0.338 e. The van der Waals surface area contributed by atoms with E-state index in [0.29, 0.717) is 30.9 Å². The second-order valence-electron chi connectivity index (χ2n) is 6.99. The molecule has 0 spiro atoms. The molecular weight excluding hydrogens is 370 g/mol. The van der Waals surface area contributed by atoms with Crippen LogP contribution in [0.25, 0.3) is 0 Å². The number of aromatic hydroxyl groups is 1. The van der Waals surface area contributed by atoms with E-state index in [9.17, 15) is 14.7 Å². The Morgan fingerprint density at radius 2 is 1.66 bits per heavy atom. The molecule has 154 valence electrons. The highest BCUT2D eigenvalue weighted by Crippen LogP contribution is 2.20. The molecule has 0 aromatic heterocycles. The molecule has 2 aromatic carbocycles. The van der Waals surface area contributed by atoms with Crippen molar-refractivity contribution in [1.29, 1.82) is 0 Å². The van der Waals surface area contributed by atoms with Crippen LogP contribution in [-0.2, 0) is 4.74 Å². The Hall–Kier alpha value is -3.22. The van der Waals surface area contributed by atoms with Gasteiger partial charge in [0.25, 0.3) is 0 Å². The van der Waals surface area contributed by atoms with Crippen molar-refractivity contribution in [2.45, 2.75) is 19.8 Å². The summed E-state index contributed by atoms with van der Waals surface area (Å²) in [4.78, 5) is 28.4. The molecule has 0 bridgehead atoms. The predicted octanol–water partition coefficient (Wildman–Crippen LogP) is 3.70. The highest BCUT2D eigenvalue weighted by atomic mass is 16.5. The molecule has 7 heteroatoms. The summed E-state index contributed by atoms with van der Waals surface area (Å²) >= 11 is 0. The van der Waals surface area contributed by atoms with Crippen LogP contribution in [0.5, 0.6) is 5.75 Å². The first kappa shape index (κ1) is 20.5. The predicted molar refractivity (Wildman–Crippen MR) is 113 cm³/mol. The fraction of sp³-hybridized carbons (Fsp3) is 0.364. The lowest BCUT2D eigenvalue weighted by Gasteiger charge is -2.36. The van der Waals surface area contributed by atoms with Gasteiger partial charge in [0, 0.05) is 37.6 Å². The molecule has 7 nitrogen and oxygen atoms in total. The van der Waals surface area contributed by atoms with Crippen molar-refractivity contribution in [3.63, 3.8) is 0 Å². The van der Waals surface area contributed by atoms with Crippen LogP contribution < -0.4 is 10.2 Å². The number of nitrogens with one attached hydrogen (secondary N) is 1. The summed E-state index contributed by atoms with van der Waals surface area (Å²) in [6.45, 7) is 5.12. The van der Waals surface area contributed by atoms with E-state index < -0.39 is 0 Å². The topological polar surface area (TPSA) is 82.1 Å². The van der Waals surface area contributed by atoms with Gasteiger partial charge < -0.3 is 25.0 Å². The van der Waals surface area contributed by atoms with Gasteiger partial charge in [0.15, 0.2) is 0 Å². The summed E-state index contributed by atoms with van der Waals surface area (Å²) < 4.78 is 5.18. The zero-order valence-corrected chi connectivity index (χ0v) is 16.6. The van der Waals surface area contributed by atoms with E-state index in [0.717, 1.165) is 31.6 Å². The van der Waals surface area contributed by atoms with E-state index in [1.54, 1.807) is 41.3 Å². The lowest BCUT2D eigenvalue weighted by Crippen LogP contribution is -2.50. The number of urea groups is 1. The molecule has 2 aromatic rings. The molecule has 0 atom stereocenters. The number of benzene rings is 2. The third-order valence-corrected chi connectivity index (χ3v) is 4.88. The maximum atomic E-state index is 12.5. The van der Waals surface area contributed by atoms with E-state index in [-0.39, 0.29) is 17.7 Å². The van der Waals surface area contributed by atoms with Crippen molar-refractivity contribution < 1.29 is 19.4 Å². The first-order chi connectivity index (χ1) is 14.1. The zero-order chi connectivity index (χ0) is 20.6. The maximum absolute atomic E-state index is 12.5. The normalized spacial score (nSPS) is 13.8. The number of hydrogen-bond acceptors (Lipinski definition) is 5. The SMILES string of the molecule is CCCCOC(=O)c1ccc(NC(=O)N2CCN(c3ccc(O)cc3)CC2)cc1. The van der Waals surface area contributed by atoms with Crippen LogP contribution in [0.15, 0.2) is 48.5 Å². The Kier molecular flexibility index (Phi) is 6.94. The van der Waals surface area contributed by atoms with Gasteiger partial charge in [-0.1, -0.05) is 13.3 Å². The molecule has 1 fully saturated rings. The first-order valence-corrected chi connectivity index (χ1v) is 9.94. The number of nitrogens with zero attached hydrogens (tertiary/aromatic N) is 2. The van der Waals surface area contributed by atoms with E-state index in [1.807, 2.05) is 19.1 Å². The first-order valence-electron chi connectivity index (χ1n) is 9.94. The van der Waals surface area contributed by atoms with Crippen molar-refractivity contribution in [2.75, 3.05) is 43.0 Å². The fourth-order valence-corrected chi connectivity index (χ4v) is 3.12. The number of anilines is 2. The Morgan fingerprint density at radius 3 is 2.28 bits per heavy atom. The van der Waals surface area contributed by atoms with Crippen LogP contribution in [0.2, 0.25) is 0 Å². The number of esters is 1. The molecule has 0 unspecified atom stereocenters. The lowest BCUT2D eigenvalue weighted by atomic mass is 10.2. The number of piperazine rings is 1. The Morgan fingerprint density at radius 1 is 1.00 bits per heavy atom. The molecule has 1 aliphatic heterocycles. The summed E-state index contributed by atoms with van der Waals surface area (Å²) in [5.74, 6) is -0.103. The standard InChI is InChI=1S/C22H27N3O4/c1-2-3-16-29-21(27)17-4-6-18(7-5-17)23-22(28)25-14-12-24(13-15-25)19-8-10-20(26)11-9-19/h4-11,26H,2-3,12-16H2,1H3,(H,23,28). The van der Waals surface area contributed by atoms with E-state index in [4.69, 9.17) is 4.74 Å². The van der Waals surface area contributed by atoms with Gasteiger partial charge in [-0.3, -0.25) is 0 Å². The Balaban J connectivity index is 1.48. The number of carbonyl (C=O) groups is 2. The highest BCUT2D eigenvalue weighted by molar-refractivity contribution is 5.92. The van der Waals surface area contributed by atoms with Gasteiger partial charge in [-0.05, 0) is 55.0 Å².